The largest absolute Gasteiger partial charge is 0.381 e. The number of sulfone groups is 1. The number of nitrogens with zero attached hydrogens (tertiary/aromatic N) is 1. The fraction of sp³-hybridized carbons (Fsp3) is 0.333. The number of anilines is 1. The molecule has 124 valence electrons. The summed E-state index contributed by atoms with van der Waals surface area (Å²) >= 11 is 0. The van der Waals surface area contributed by atoms with Crippen molar-refractivity contribution in [3.8, 4) is 0 Å². The molecule has 0 aliphatic rings. The lowest BCUT2D eigenvalue weighted by Crippen LogP contribution is -2.31. The summed E-state index contributed by atoms with van der Waals surface area (Å²) in [4.78, 5) is 2.61. The fourth-order valence-electron chi connectivity index (χ4n) is 2.56. The van der Waals surface area contributed by atoms with Crippen molar-refractivity contribution in [1.29, 1.82) is 0 Å². The minimum atomic E-state index is -3.14. The summed E-state index contributed by atoms with van der Waals surface area (Å²) in [6.45, 7) is 3.91. The van der Waals surface area contributed by atoms with Gasteiger partial charge in [-0.05, 0) is 43.8 Å². The van der Waals surface area contributed by atoms with E-state index in [1.807, 2.05) is 30.3 Å². The number of likely N-dealkylation sites (N-methyl/N-ethyl adjacent to an activating group) is 1. The molecule has 5 heteroatoms. The van der Waals surface area contributed by atoms with Crippen LogP contribution in [0, 0.1) is 0 Å². The Morgan fingerprint density at radius 1 is 1.04 bits per heavy atom. The lowest BCUT2D eigenvalue weighted by molar-refractivity contribution is 0.316. The lowest BCUT2D eigenvalue weighted by Gasteiger charge is -2.23. The van der Waals surface area contributed by atoms with E-state index < -0.39 is 9.84 Å². The highest BCUT2D eigenvalue weighted by molar-refractivity contribution is 7.90. The predicted octanol–water partition coefficient (Wildman–Crippen LogP) is 3.02. The Kier molecular flexibility index (Phi) is 5.80. The molecule has 2 aromatic rings. The van der Waals surface area contributed by atoms with Crippen LogP contribution >= 0.6 is 0 Å². The topological polar surface area (TPSA) is 49.4 Å². The summed E-state index contributed by atoms with van der Waals surface area (Å²) in [5.41, 5.74) is 2.22. The summed E-state index contributed by atoms with van der Waals surface area (Å²) in [5.74, 6) is 0. The zero-order valence-electron chi connectivity index (χ0n) is 13.9. The van der Waals surface area contributed by atoms with E-state index in [1.165, 1.54) is 11.8 Å². The van der Waals surface area contributed by atoms with Crippen LogP contribution in [0.3, 0.4) is 0 Å². The molecule has 0 bridgehead atoms. The van der Waals surface area contributed by atoms with Crippen molar-refractivity contribution >= 4 is 15.5 Å². The van der Waals surface area contributed by atoms with Gasteiger partial charge in [0.05, 0.1) is 4.90 Å². The van der Waals surface area contributed by atoms with Crippen LogP contribution in [0.1, 0.15) is 12.5 Å². The first kappa shape index (κ1) is 17.5. The maximum atomic E-state index is 11.5. The van der Waals surface area contributed by atoms with Gasteiger partial charge < -0.3 is 10.2 Å². The van der Waals surface area contributed by atoms with Crippen molar-refractivity contribution < 1.29 is 8.42 Å². The molecule has 23 heavy (non-hydrogen) atoms. The number of benzene rings is 2. The quantitative estimate of drug-likeness (QED) is 0.847. The molecule has 0 amide bonds. The molecule has 2 rings (SSSR count). The number of hydrogen-bond acceptors (Lipinski definition) is 4. The van der Waals surface area contributed by atoms with Crippen LogP contribution in [0.15, 0.2) is 59.5 Å². The van der Waals surface area contributed by atoms with Gasteiger partial charge in [0.25, 0.3) is 0 Å². The highest BCUT2D eigenvalue weighted by Crippen LogP contribution is 2.15. The van der Waals surface area contributed by atoms with Crippen molar-refractivity contribution in [3.63, 3.8) is 0 Å². The molecule has 0 radical (unpaired) electrons. The van der Waals surface area contributed by atoms with Crippen molar-refractivity contribution in [3.05, 3.63) is 60.2 Å². The first-order chi connectivity index (χ1) is 10.8. The van der Waals surface area contributed by atoms with Crippen LogP contribution in [0.4, 0.5) is 5.69 Å². The normalized spacial score (nSPS) is 13.0. The van der Waals surface area contributed by atoms with E-state index in [0.29, 0.717) is 4.90 Å². The predicted molar refractivity (Wildman–Crippen MR) is 95.4 cm³/mol. The number of rotatable bonds is 7. The van der Waals surface area contributed by atoms with Gasteiger partial charge in [0.1, 0.15) is 0 Å². The molecule has 1 N–H and O–H groups in total. The van der Waals surface area contributed by atoms with Crippen molar-refractivity contribution in [2.45, 2.75) is 24.4 Å². The van der Waals surface area contributed by atoms with E-state index in [9.17, 15) is 8.42 Å². The van der Waals surface area contributed by atoms with Crippen LogP contribution < -0.4 is 5.32 Å². The maximum absolute atomic E-state index is 11.5. The first-order valence-electron chi connectivity index (χ1n) is 7.64. The van der Waals surface area contributed by atoms with Gasteiger partial charge in [-0.1, -0.05) is 30.3 Å². The third-order valence-corrected chi connectivity index (χ3v) is 4.70. The van der Waals surface area contributed by atoms with Crippen LogP contribution in [-0.2, 0) is 16.4 Å². The third kappa shape index (κ3) is 5.69. The van der Waals surface area contributed by atoms with Gasteiger partial charge in [-0.25, -0.2) is 8.42 Å². The molecule has 0 aliphatic heterocycles. The Morgan fingerprint density at radius 3 is 2.22 bits per heavy atom. The Labute approximate surface area is 139 Å². The molecule has 1 atom stereocenters. The van der Waals surface area contributed by atoms with E-state index in [1.54, 1.807) is 12.1 Å². The summed E-state index contributed by atoms with van der Waals surface area (Å²) in [5, 5.41) is 3.40. The third-order valence-electron chi connectivity index (χ3n) is 3.58. The Morgan fingerprint density at radius 2 is 1.65 bits per heavy atom. The molecule has 4 nitrogen and oxygen atoms in total. The van der Waals surface area contributed by atoms with Gasteiger partial charge in [0.2, 0.25) is 0 Å². The number of nitrogens with one attached hydrogen (secondary N) is 1. The van der Waals surface area contributed by atoms with E-state index in [-0.39, 0.29) is 6.04 Å². The summed E-state index contributed by atoms with van der Waals surface area (Å²) < 4.78 is 22.9. The molecule has 0 fully saturated rings. The average molecular weight is 332 g/mol. The molecular weight excluding hydrogens is 308 g/mol. The van der Waals surface area contributed by atoms with E-state index >= 15 is 0 Å². The highest BCUT2D eigenvalue weighted by atomic mass is 32.2. The molecule has 2 aromatic carbocycles. The molecule has 0 aromatic heterocycles. The minimum Gasteiger partial charge on any atom is -0.381 e. The minimum absolute atomic E-state index is 0.257. The molecule has 1 unspecified atom stereocenters. The van der Waals surface area contributed by atoms with E-state index in [0.717, 1.165) is 18.8 Å². The summed E-state index contributed by atoms with van der Waals surface area (Å²) in [7, 11) is -1.04. The fourth-order valence-corrected chi connectivity index (χ4v) is 3.19. The Hall–Kier alpha value is -1.85. The van der Waals surface area contributed by atoms with Gasteiger partial charge in [-0.2, -0.15) is 0 Å². The standard InChI is InChI=1S/C18H24N2O2S/c1-15(13-20(2)14-16-7-5-4-6-8-16)19-17-9-11-18(12-10-17)23(3,21)22/h4-12,15,19H,13-14H2,1-3H3. The second-order valence-corrected chi connectivity index (χ2v) is 8.04. The van der Waals surface area contributed by atoms with Gasteiger partial charge in [-0.3, -0.25) is 0 Å². The maximum Gasteiger partial charge on any atom is 0.175 e. The molecular formula is C18H24N2O2S. The number of hydrogen-bond donors (Lipinski definition) is 1. The van der Waals surface area contributed by atoms with Gasteiger partial charge in [0.15, 0.2) is 9.84 Å². The SMILES string of the molecule is CC(CN(C)Cc1ccccc1)Nc1ccc(S(C)(=O)=O)cc1. The first-order valence-corrected chi connectivity index (χ1v) is 9.53. The molecule has 0 heterocycles. The van der Waals surface area contributed by atoms with Crippen LogP contribution in [0.2, 0.25) is 0 Å². The Bertz CT molecular complexity index is 712. The highest BCUT2D eigenvalue weighted by Gasteiger charge is 2.09. The zero-order chi connectivity index (χ0) is 16.9. The van der Waals surface area contributed by atoms with Gasteiger partial charge >= 0.3 is 0 Å². The molecule has 0 aliphatic carbocycles. The molecule has 0 spiro atoms. The second-order valence-electron chi connectivity index (χ2n) is 6.02. The lowest BCUT2D eigenvalue weighted by atomic mass is 10.2. The Balaban J connectivity index is 1.88. The average Bonchev–Trinajstić information content (AvgIpc) is 2.47. The zero-order valence-corrected chi connectivity index (χ0v) is 14.7. The van der Waals surface area contributed by atoms with Crippen molar-refractivity contribution in [1.82, 2.24) is 4.90 Å². The van der Waals surface area contributed by atoms with E-state index in [2.05, 4.69) is 36.3 Å². The molecule has 0 saturated heterocycles. The summed E-state index contributed by atoms with van der Waals surface area (Å²) in [6, 6.07) is 17.5. The summed E-state index contributed by atoms with van der Waals surface area (Å²) in [6.07, 6.45) is 1.22. The second kappa shape index (κ2) is 7.62. The van der Waals surface area contributed by atoms with Crippen molar-refractivity contribution in [2.24, 2.45) is 0 Å². The van der Waals surface area contributed by atoms with Gasteiger partial charge in [-0.15, -0.1) is 0 Å². The van der Waals surface area contributed by atoms with E-state index in [4.69, 9.17) is 0 Å². The monoisotopic (exact) mass is 332 g/mol. The molecule has 0 saturated carbocycles. The van der Waals surface area contributed by atoms with Crippen LogP contribution in [-0.4, -0.2) is 39.2 Å². The van der Waals surface area contributed by atoms with Crippen molar-refractivity contribution in [2.75, 3.05) is 25.2 Å². The van der Waals surface area contributed by atoms with Crippen LogP contribution in [0.5, 0.6) is 0 Å². The van der Waals surface area contributed by atoms with Crippen LogP contribution in [0.25, 0.3) is 0 Å². The smallest absolute Gasteiger partial charge is 0.175 e. The van der Waals surface area contributed by atoms with Gasteiger partial charge in [0, 0.05) is 31.1 Å².